The highest BCUT2D eigenvalue weighted by Gasteiger charge is 2.30. The third kappa shape index (κ3) is 6.72. The van der Waals surface area contributed by atoms with E-state index >= 15 is 0 Å². The van der Waals surface area contributed by atoms with Crippen molar-refractivity contribution in [2.24, 2.45) is 0 Å². The predicted octanol–water partition coefficient (Wildman–Crippen LogP) is 4.21. The zero-order chi connectivity index (χ0) is 17.6. The van der Waals surface area contributed by atoms with Crippen molar-refractivity contribution in [3.8, 4) is 0 Å². The van der Waals surface area contributed by atoms with E-state index in [1.165, 1.54) is 17.8 Å². The molecule has 1 aliphatic heterocycles. The minimum Gasteiger partial charge on any atom is -0.339 e. The van der Waals surface area contributed by atoms with E-state index in [2.05, 4.69) is 5.32 Å². The zero-order valence-corrected chi connectivity index (χ0v) is 15.8. The molecule has 0 bridgehead atoms. The maximum Gasteiger partial charge on any atom is 0.416 e. The molecule has 0 spiro atoms. The number of hydrogen-bond donors (Lipinski definition) is 1. The fourth-order valence-corrected chi connectivity index (χ4v) is 3.70. The summed E-state index contributed by atoms with van der Waals surface area (Å²) in [6, 6.07) is 5.38. The number of halogens is 4. The number of nitrogens with zero attached hydrogens (tertiary/aromatic N) is 1. The molecule has 0 aliphatic carbocycles. The molecule has 0 aromatic heterocycles. The van der Waals surface area contributed by atoms with Gasteiger partial charge in [-0.3, -0.25) is 4.79 Å². The van der Waals surface area contributed by atoms with Crippen molar-refractivity contribution in [3.05, 3.63) is 29.8 Å². The van der Waals surface area contributed by atoms with E-state index < -0.39 is 11.7 Å². The maximum atomic E-state index is 12.7. The molecule has 1 saturated heterocycles. The Kier molecular flexibility index (Phi) is 9.10. The van der Waals surface area contributed by atoms with Crippen LogP contribution in [0.2, 0.25) is 0 Å². The van der Waals surface area contributed by atoms with Crippen LogP contribution in [0.3, 0.4) is 0 Å². The molecule has 1 heterocycles. The van der Waals surface area contributed by atoms with Gasteiger partial charge in [0.25, 0.3) is 0 Å². The molecule has 0 unspecified atom stereocenters. The molecule has 1 aromatic rings. The number of amides is 1. The van der Waals surface area contributed by atoms with Crippen LogP contribution in [0.4, 0.5) is 13.2 Å². The molecule has 3 nitrogen and oxygen atoms in total. The molecule has 1 N–H and O–H groups in total. The molecule has 1 amide bonds. The van der Waals surface area contributed by atoms with E-state index in [0.29, 0.717) is 11.4 Å². The van der Waals surface area contributed by atoms with Gasteiger partial charge in [-0.2, -0.15) is 13.2 Å². The molecular formula is C17H24ClF3N2OS. The SMILES string of the molecule is CCCN(C(=O)CSc1cccc(C(F)(F)F)c1)C1CCNCC1.Cl. The summed E-state index contributed by atoms with van der Waals surface area (Å²) in [4.78, 5) is 14.9. The highest BCUT2D eigenvalue weighted by molar-refractivity contribution is 8.00. The van der Waals surface area contributed by atoms with E-state index in [1.54, 1.807) is 6.07 Å². The zero-order valence-electron chi connectivity index (χ0n) is 14.1. The number of rotatable bonds is 6. The average molecular weight is 397 g/mol. The van der Waals surface area contributed by atoms with Crippen molar-refractivity contribution in [1.29, 1.82) is 0 Å². The Bertz CT molecular complexity index is 551. The van der Waals surface area contributed by atoms with Crippen LogP contribution in [0.25, 0.3) is 0 Å². The Morgan fingerprint density at radius 3 is 2.60 bits per heavy atom. The number of nitrogens with one attached hydrogen (secondary N) is 1. The lowest BCUT2D eigenvalue weighted by molar-refractivity contribution is -0.137. The van der Waals surface area contributed by atoms with Gasteiger partial charge >= 0.3 is 6.18 Å². The van der Waals surface area contributed by atoms with Gasteiger partial charge in [0.05, 0.1) is 11.3 Å². The molecule has 1 aliphatic rings. The molecule has 0 radical (unpaired) electrons. The Labute approximate surface area is 157 Å². The molecule has 2 rings (SSSR count). The van der Waals surface area contributed by atoms with Crippen LogP contribution in [0.15, 0.2) is 29.2 Å². The average Bonchev–Trinajstić information content (AvgIpc) is 2.58. The normalized spacial score (nSPS) is 15.5. The molecule has 8 heteroatoms. The van der Waals surface area contributed by atoms with Gasteiger partial charge in [0.2, 0.25) is 5.91 Å². The number of carbonyl (C=O) groups is 1. The van der Waals surface area contributed by atoms with Crippen LogP contribution in [0.1, 0.15) is 31.7 Å². The summed E-state index contributed by atoms with van der Waals surface area (Å²) in [5.41, 5.74) is -0.677. The molecule has 1 aromatic carbocycles. The highest BCUT2D eigenvalue weighted by atomic mass is 35.5. The topological polar surface area (TPSA) is 32.3 Å². The van der Waals surface area contributed by atoms with E-state index in [0.717, 1.165) is 44.5 Å². The van der Waals surface area contributed by atoms with Crippen molar-refractivity contribution < 1.29 is 18.0 Å². The summed E-state index contributed by atoms with van der Waals surface area (Å²) in [5, 5.41) is 3.28. The minimum atomic E-state index is -4.36. The summed E-state index contributed by atoms with van der Waals surface area (Å²) in [7, 11) is 0. The van der Waals surface area contributed by atoms with Gasteiger partial charge < -0.3 is 10.2 Å². The quantitative estimate of drug-likeness (QED) is 0.731. The molecule has 0 saturated carbocycles. The van der Waals surface area contributed by atoms with Crippen LogP contribution in [-0.2, 0) is 11.0 Å². The summed E-state index contributed by atoms with van der Waals surface area (Å²) in [6.45, 7) is 4.53. The van der Waals surface area contributed by atoms with Crippen LogP contribution in [0.5, 0.6) is 0 Å². The predicted molar refractivity (Wildman–Crippen MR) is 97.3 cm³/mol. The van der Waals surface area contributed by atoms with Crippen molar-refractivity contribution in [1.82, 2.24) is 10.2 Å². The van der Waals surface area contributed by atoms with Crippen molar-refractivity contribution >= 4 is 30.1 Å². The summed E-state index contributed by atoms with van der Waals surface area (Å²) < 4.78 is 38.2. The second kappa shape index (κ2) is 10.3. The van der Waals surface area contributed by atoms with Crippen molar-refractivity contribution in [2.45, 2.75) is 43.3 Å². The summed E-state index contributed by atoms with van der Waals surface area (Å²) in [6.07, 6.45) is -1.62. The molecule has 25 heavy (non-hydrogen) atoms. The Morgan fingerprint density at radius 1 is 1.32 bits per heavy atom. The smallest absolute Gasteiger partial charge is 0.339 e. The Balaban J connectivity index is 0.00000312. The number of piperidine rings is 1. The first kappa shape index (κ1) is 22.1. The monoisotopic (exact) mass is 396 g/mol. The van der Waals surface area contributed by atoms with Crippen LogP contribution >= 0.6 is 24.2 Å². The summed E-state index contributed by atoms with van der Waals surface area (Å²) in [5.74, 6) is 0.178. The number of hydrogen-bond acceptors (Lipinski definition) is 3. The van der Waals surface area contributed by atoms with Crippen molar-refractivity contribution in [3.63, 3.8) is 0 Å². The lowest BCUT2D eigenvalue weighted by atomic mass is 10.0. The third-order valence-corrected chi connectivity index (χ3v) is 5.04. The van der Waals surface area contributed by atoms with Gasteiger partial charge in [0, 0.05) is 17.5 Å². The first-order chi connectivity index (χ1) is 11.4. The highest BCUT2D eigenvalue weighted by Crippen LogP contribution is 2.32. The fourth-order valence-electron chi connectivity index (χ4n) is 2.86. The van der Waals surface area contributed by atoms with Gasteiger partial charge in [-0.25, -0.2) is 0 Å². The van der Waals surface area contributed by atoms with Crippen LogP contribution in [-0.4, -0.2) is 42.2 Å². The van der Waals surface area contributed by atoms with E-state index in [4.69, 9.17) is 0 Å². The Morgan fingerprint density at radius 2 is 2.00 bits per heavy atom. The van der Waals surface area contributed by atoms with Gasteiger partial charge in [-0.15, -0.1) is 24.2 Å². The number of thioether (sulfide) groups is 1. The number of benzene rings is 1. The Hall–Kier alpha value is -0.920. The van der Waals surface area contributed by atoms with Gasteiger partial charge in [0.1, 0.15) is 0 Å². The second-order valence-electron chi connectivity index (χ2n) is 5.88. The maximum absolute atomic E-state index is 12.7. The minimum absolute atomic E-state index is 0. The first-order valence-electron chi connectivity index (χ1n) is 8.22. The van der Waals surface area contributed by atoms with Gasteiger partial charge in [0.15, 0.2) is 0 Å². The van der Waals surface area contributed by atoms with Crippen LogP contribution < -0.4 is 5.32 Å². The lowest BCUT2D eigenvalue weighted by Gasteiger charge is -2.34. The molecule has 1 fully saturated rings. The number of alkyl halides is 3. The van der Waals surface area contributed by atoms with Gasteiger partial charge in [-0.1, -0.05) is 13.0 Å². The third-order valence-electron chi connectivity index (χ3n) is 4.06. The van der Waals surface area contributed by atoms with Gasteiger partial charge in [-0.05, 0) is 50.6 Å². The lowest BCUT2D eigenvalue weighted by Crippen LogP contribution is -2.47. The fraction of sp³-hybridized carbons (Fsp3) is 0.588. The molecule has 0 atom stereocenters. The van der Waals surface area contributed by atoms with E-state index in [9.17, 15) is 18.0 Å². The molecule has 142 valence electrons. The van der Waals surface area contributed by atoms with E-state index in [-0.39, 0.29) is 30.1 Å². The second-order valence-corrected chi connectivity index (χ2v) is 6.93. The standard InChI is InChI=1S/C17H23F3N2OS.ClH/c1-2-10-22(14-6-8-21-9-7-14)16(23)12-24-15-5-3-4-13(11-15)17(18,19)20;/h3-5,11,14,21H,2,6-10,12H2,1H3;1H. The first-order valence-corrected chi connectivity index (χ1v) is 9.20. The number of carbonyl (C=O) groups excluding carboxylic acids is 1. The largest absolute Gasteiger partial charge is 0.416 e. The van der Waals surface area contributed by atoms with Crippen LogP contribution in [0, 0.1) is 0 Å². The van der Waals surface area contributed by atoms with Crippen molar-refractivity contribution in [2.75, 3.05) is 25.4 Å². The summed E-state index contributed by atoms with van der Waals surface area (Å²) >= 11 is 1.17. The van der Waals surface area contributed by atoms with E-state index in [1.807, 2.05) is 11.8 Å². The molecular weight excluding hydrogens is 373 g/mol.